The van der Waals surface area contributed by atoms with Crippen LogP contribution in [0.4, 0.5) is 17.1 Å². The van der Waals surface area contributed by atoms with Crippen molar-refractivity contribution in [2.75, 3.05) is 4.90 Å². The summed E-state index contributed by atoms with van der Waals surface area (Å²) in [4.78, 5) is 1.87. The van der Waals surface area contributed by atoms with Gasteiger partial charge in [-0.2, -0.15) is 0 Å². The van der Waals surface area contributed by atoms with Crippen LogP contribution in [0.1, 0.15) is 30.5 Å². The van der Waals surface area contributed by atoms with Crippen molar-refractivity contribution in [1.29, 1.82) is 0 Å². The van der Waals surface area contributed by atoms with Crippen LogP contribution < -0.4 is 4.90 Å². The van der Waals surface area contributed by atoms with E-state index < -0.39 is 0 Å². The van der Waals surface area contributed by atoms with Crippen molar-refractivity contribution in [1.82, 2.24) is 0 Å². The molecule has 0 heterocycles. The van der Waals surface area contributed by atoms with Crippen LogP contribution in [0.25, 0.3) is 77.5 Å². The Morgan fingerprint density at radius 1 is 0.323 bits per heavy atom. The Hall–Kier alpha value is -7.74. The second-order valence-corrected chi connectivity index (χ2v) is 16.6. The third kappa shape index (κ3) is 6.69. The summed E-state index contributed by atoms with van der Waals surface area (Å²) in [6.07, 6.45) is 0. The molecule has 10 aromatic carbocycles. The van der Waals surface area contributed by atoms with Gasteiger partial charge in [-0.1, -0.05) is 196 Å². The lowest BCUT2D eigenvalue weighted by atomic mass is 9.79. The highest BCUT2D eigenvalue weighted by atomic mass is 15.1. The molecule has 0 saturated carbocycles. The fourth-order valence-corrected chi connectivity index (χ4v) is 9.38. The van der Waals surface area contributed by atoms with Crippen LogP contribution >= 0.6 is 0 Å². The predicted octanol–water partition coefficient (Wildman–Crippen LogP) is 17.0. The van der Waals surface area contributed by atoms with Crippen LogP contribution in [0.3, 0.4) is 0 Å². The van der Waals surface area contributed by atoms with Gasteiger partial charge in [0, 0.05) is 22.5 Å². The van der Waals surface area contributed by atoms with E-state index in [0.29, 0.717) is 11.3 Å². The minimum atomic E-state index is -0.193. The molecule has 1 aliphatic carbocycles. The molecule has 0 radical (unpaired) electrons. The van der Waals surface area contributed by atoms with Gasteiger partial charge >= 0.3 is 0 Å². The Morgan fingerprint density at radius 2 is 0.790 bits per heavy atom. The van der Waals surface area contributed by atoms with Crippen LogP contribution in [-0.2, 0) is 5.41 Å². The molecule has 62 heavy (non-hydrogen) atoms. The lowest BCUT2D eigenvalue weighted by Crippen LogP contribution is -2.16. The van der Waals surface area contributed by atoms with Crippen LogP contribution in [0.5, 0.6) is 0 Å². The highest BCUT2D eigenvalue weighted by Crippen LogP contribution is 2.52. The van der Waals surface area contributed by atoms with Gasteiger partial charge in [-0.3, -0.25) is 0 Å². The smallest absolute Gasteiger partial charge is 0.0645 e. The molecule has 1 nitrogen and oxygen atoms in total. The number of anilines is 3. The van der Waals surface area contributed by atoms with E-state index in [0.717, 1.165) is 50.2 Å². The van der Waals surface area contributed by atoms with Crippen molar-refractivity contribution in [3.8, 4) is 66.8 Å². The van der Waals surface area contributed by atoms with Crippen molar-refractivity contribution in [2.45, 2.75) is 19.3 Å². The Morgan fingerprint density at radius 3 is 1.48 bits per heavy atom. The molecule has 11 rings (SSSR count). The average Bonchev–Trinajstić information content (AvgIpc) is 3.61. The van der Waals surface area contributed by atoms with Crippen LogP contribution in [0.2, 0.25) is 0 Å². The summed E-state index contributed by atoms with van der Waals surface area (Å²) in [6, 6.07) is 72.5. The Bertz CT molecular complexity index is 3450. The zero-order valence-electron chi connectivity index (χ0n) is 38.7. The van der Waals surface area contributed by atoms with Crippen molar-refractivity contribution in [3.63, 3.8) is 0 Å². The van der Waals surface area contributed by atoms with E-state index in [9.17, 15) is 5.48 Å². The monoisotopic (exact) mass is 795 g/mol. The first-order valence-electron chi connectivity index (χ1n) is 23.3. The second-order valence-electron chi connectivity index (χ2n) is 16.6. The van der Waals surface area contributed by atoms with Crippen LogP contribution in [0, 0.1) is 0 Å². The number of hydrogen-bond donors (Lipinski definition) is 0. The minimum absolute atomic E-state index is 0.0957. The molecule has 0 aromatic heterocycles. The molecule has 294 valence electrons. The van der Waals surface area contributed by atoms with Crippen molar-refractivity contribution < 1.29 is 5.48 Å². The molecule has 0 fully saturated rings. The zero-order valence-corrected chi connectivity index (χ0v) is 34.7. The van der Waals surface area contributed by atoms with Crippen molar-refractivity contribution >= 4 is 27.8 Å². The van der Waals surface area contributed by atoms with E-state index in [1.54, 1.807) is 0 Å². The summed E-state index contributed by atoms with van der Waals surface area (Å²) in [5.41, 5.74) is 16.0. The maximum absolute atomic E-state index is 9.64. The fourth-order valence-electron chi connectivity index (χ4n) is 9.38. The molecule has 0 bridgehead atoms. The van der Waals surface area contributed by atoms with E-state index >= 15 is 0 Å². The van der Waals surface area contributed by atoms with Gasteiger partial charge in [0.15, 0.2) is 0 Å². The number of nitrogens with zero attached hydrogens (tertiary/aromatic N) is 1. The van der Waals surface area contributed by atoms with Gasteiger partial charge in [0.1, 0.15) is 0 Å². The molecule has 10 aromatic rings. The molecule has 0 saturated heterocycles. The van der Waals surface area contributed by atoms with E-state index in [2.05, 4.69) is 147 Å². The van der Waals surface area contributed by atoms with Gasteiger partial charge in [0.2, 0.25) is 0 Å². The minimum Gasteiger partial charge on any atom is -0.311 e. The maximum Gasteiger partial charge on any atom is 0.0645 e. The molecule has 0 spiro atoms. The third-order valence-electron chi connectivity index (χ3n) is 12.5. The molecular formula is C61H45N. The summed E-state index contributed by atoms with van der Waals surface area (Å²) in [5, 5.41) is 2.40. The quantitative estimate of drug-likeness (QED) is 0.148. The second kappa shape index (κ2) is 15.4. The molecule has 0 N–H and O–H groups in total. The Balaban J connectivity index is 1.02. The zero-order chi connectivity index (χ0) is 45.1. The molecule has 0 amide bonds. The van der Waals surface area contributed by atoms with E-state index in [-0.39, 0.29) is 40.8 Å². The van der Waals surface area contributed by atoms with E-state index in [4.69, 9.17) is 0 Å². The lowest BCUT2D eigenvalue weighted by molar-refractivity contribution is 0.662. The summed E-state index contributed by atoms with van der Waals surface area (Å²) in [7, 11) is 0. The summed E-state index contributed by atoms with van der Waals surface area (Å²) in [6.45, 7) is 4.59. The lowest BCUT2D eigenvalue weighted by Gasteiger charge is -2.27. The SMILES string of the molecule is [2H]c1c([2H])c(N(c2ccc(-c3cccc(-c4ccc5ccccc5c4)c3)cc2)c2ccc(-c3cccc4c3C(C)(C)c3ccccc3-4)cc2)c([2H])c([2H])c1-c1cccc(-c2ccccc2)c1. The van der Waals surface area contributed by atoms with E-state index in [1.807, 2.05) is 83.8 Å². The van der Waals surface area contributed by atoms with E-state index in [1.165, 1.54) is 33.0 Å². The summed E-state index contributed by atoms with van der Waals surface area (Å²) < 4.78 is 38.2. The maximum atomic E-state index is 9.64. The van der Waals surface area contributed by atoms with Gasteiger partial charge in [0.05, 0.1) is 5.48 Å². The number of rotatable bonds is 8. The first-order chi connectivity index (χ1) is 32.2. The standard InChI is InChI=1S/C61H45N/c1-61(2)59-24-9-8-21-57(59)58-23-12-22-56(60(58)61)46-31-37-55(38-32-46)62(53-33-27-44(28-34-53)49-18-10-17-48(39-49)42-13-4-3-5-14-42)54-35-29-45(30-36-54)50-19-11-20-51(40-50)52-26-25-43-15-6-7-16-47(43)41-52/h3-41H,1-2H3/i27D,28D,33D,34D. The molecule has 1 aliphatic rings. The first kappa shape index (κ1) is 33.0. The molecule has 1 heteroatoms. The Kier molecular flexibility index (Phi) is 8.19. The first-order valence-corrected chi connectivity index (χ1v) is 21.3. The predicted molar refractivity (Wildman–Crippen MR) is 263 cm³/mol. The van der Waals surface area contributed by atoms with Crippen LogP contribution in [0.15, 0.2) is 236 Å². The highest BCUT2D eigenvalue weighted by Gasteiger charge is 2.37. The third-order valence-corrected chi connectivity index (χ3v) is 12.5. The number of benzene rings is 10. The average molecular weight is 796 g/mol. The van der Waals surface area contributed by atoms with Gasteiger partial charge in [0.25, 0.3) is 0 Å². The molecule has 0 aliphatic heterocycles. The largest absolute Gasteiger partial charge is 0.311 e. The number of hydrogen-bond acceptors (Lipinski definition) is 1. The normalized spacial score (nSPS) is 13.4. The topological polar surface area (TPSA) is 3.24 Å². The van der Waals surface area contributed by atoms with Gasteiger partial charge in [-0.15, -0.1) is 0 Å². The molecular weight excluding hydrogens is 747 g/mol. The van der Waals surface area contributed by atoms with Crippen molar-refractivity contribution in [2.24, 2.45) is 0 Å². The fraction of sp³-hybridized carbons (Fsp3) is 0.0492. The molecule has 0 unspecified atom stereocenters. The molecule has 0 atom stereocenters. The summed E-state index contributed by atoms with van der Waals surface area (Å²) >= 11 is 0. The van der Waals surface area contributed by atoms with Gasteiger partial charge in [-0.05, 0) is 143 Å². The van der Waals surface area contributed by atoms with Crippen molar-refractivity contribution in [3.05, 3.63) is 248 Å². The highest BCUT2D eigenvalue weighted by molar-refractivity contribution is 5.90. The Labute approximate surface area is 370 Å². The van der Waals surface area contributed by atoms with Crippen LogP contribution in [-0.4, -0.2) is 0 Å². The number of fused-ring (bicyclic) bond motifs is 4. The van der Waals surface area contributed by atoms with Gasteiger partial charge in [-0.25, -0.2) is 0 Å². The summed E-state index contributed by atoms with van der Waals surface area (Å²) in [5.74, 6) is 0. The van der Waals surface area contributed by atoms with Gasteiger partial charge < -0.3 is 4.90 Å².